The van der Waals surface area contributed by atoms with Crippen LogP contribution in [0.25, 0.3) is 0 Å². The minimum atomic E-state index is -3.56. The van der Waals surface area contributed by atoms with Crippen molar-refractivity contribution in [3.05, 3.63) is 17.5 Å². The maximum Gasteiger partial charge on any atom is 0.272 e. The summed E-state index contributed by atoms with van der Waals surface area (Å²) in [5.74, 6) is -0.730. The number of amides is 2. The third-order valence-corrected chi connectivity index (χ3v) is 6.75. The van der Waals surface area contributed by atoms with Crippen molar-refractivity contribution in [1.29, 1.82) is 0 Å². The Morgan fingerprint density at radius 2 is 2.15 bits per heavy atom. The van der Waals surface area contributed by atoms with Crippen molar-refractivity contribution in [3.8, 4) is 0 Å². The number of aryl methyl sites for hydroxylation is 2. The summed E-state index contributed by atoms with van der Waals surface area (Å²) in [6, 6.07) is 1.00. The Hall–Kier alpha value is -1.94. The normalized spacial score (nSPS) is 25.8. The standard InChI is InChI=1S/C16H25N5O4S/c1-4-5-21-16(23)14-9-12(10-20(14)6-7-26(21,24)25)17-15(22)13-8-11(2)19(3)18-13/h8,12,14H,4-7,9-10H2,1-3H3,(H,17,22). The van der Waals surface area contributed by atoms with E-state index in [-0.39, 0.29) is 30.2 Å². The summed E-state index contributed by atoms with van der Waals surface area (Å²) in [4.78, 5) is 27.0. The molecule has 0 aliphatic carbocycles. The summed E-state index contributed by atoms with van der Waals surface area (Å²) in [7, 11) is -1.79. The van der Waals surface area contributed by atoms with Crippen LogP contribution in [0.3, 0.4) is 0 Å². The van der Waals surface area contributed by atoms with Crippen molar-refractivity contribution in [2.45, 2.75) is 38.8 Å². The molecular formula is C16H25N5O4S. The van der Waals surface area contributed by atoms with Crippen molar-refractivity contribution >= 4 is 21.8 Å². The first-order valence-corrected chi connectivity index (χ1v) is 10.4. The van der Waals surface area contributed by atoms with E-state index in [4.69, 9.17) is 0 Å². The van der Waals surface area contributed by atoms with Gasteiger partial charge in [0.25, 0.3) is 11.8 Å². The van der Waals surface area contributed by atoms with Gasteiger partial charge in [0.2, 0.25) is 10.0 Å². The Morgan fingerprint density at radius 1 is 1.42 bits per heavy atom. The second-order valence-electron chi connectivity index (χ2n) is 6.94. The molecule has 2 atom stereocenters. The highest BCUT2D eigenvalue weighted by Gasteiger charge is 2.45. The molecule has 9 nitrogen and oxygen atoms in total. The average molecular weight is 383 g/mol. The lowest BCUT2D eigenvalue weighted by Gasteiger charge is -2.23. The lowest BCUT2D eigenvalue weighted by molar-refractivity contribution is -0.130. The van der Waals surface area contributed by atoms with Crippen LogP contribution < -0.4 is 5.32 Å². The van der Waals surface area contributed by atoms with E-state index < -0.39 is 16.1 Å². The van der Waals surface area contributed by atoms with Gasteiger partial charge in [-0.1, -0.05) is 6.92 Å². The van der Waals surface area contributed by atoms with Gasteiger partial charge in [0, 0.05) is 38.4 Å². The Bertz CT molecular complexity index is 799. The molecule has 2 fully saturated rings. The van der Waals surface area contributed by atoms with Gasteiger partial charge in [0.15, 0.2) is 0 Å². The first-order valence-electron chi connectivity index (χ1n) is 8.82. The van der Waals surface area contributed by atoms with Gasteiger partial charge in [0.1, 0.15) is 5.69 Å². The van der Waals surface area contributed by atoms with Crippen molar-refractivity contribution in [2.75, 3.05) is 25.4 Å². The summed E-state index contributed by atoms with van der Waals surface area (Å²) in [5.41, 5.74) is 1.22. The number of nitrogens with zero attached hydrogens (tertiary/aromatic N) is 4. The highest BCUT2D eigenvalue weighted by atomic mass is 32.2. The molecule has 0 bridgehead atoms. The van der Waals surface area contributed by atoms with E-state index in [1.54, 1.807) is 17.8 Å². The number of carbonyl (C=O) groups excluding carboxylic acids is 2. The monoisotopic (exact) mass is 383 g/mol. The first kappa shape index (κ1) is 18.8. The third-order valence-electron chi connectivity index (χ3n) is 5.01. The maximum atomic E-state index is 12.8. The highest BCUT2D eigenvalue weighted by molar-refractivity contribution is 7.89. The molecule has 3 heterocycles. The quantitative estimate of drug-likeness (QED) is 0.750. The second kappa shape index (κ2) is 6.99. The molecule has 26 heavy (non-hydrogen) atoms. The zero-order chi connectivity index (χ0) is 19.1. The van der Waals surface area contributed by atoms with Crippen LogP contribution in [0.1, 0.15) is 35.9 Å². The second-order valence-corrected chi connectivity index (χ2v) is 8.95. The number of fused-ring (bicyclic) bond motifs is 1. The minimum Gasteiger partial charge on any atom is -0.347 e. The van der Waals surface area contributed by atoms with E-state index in [2.05, 4.69) is 10.4 Å². The Balaban J connectivity index is 1.71. The van der Waals surface area contributed by atoms with E-state index in [9.17, 15) is 18.0 Å². The molecule has 144 valence electrons. The van der Waals surface area contributed by atoms with Crippen molar-refractivity contribution in [1.82, 2.24) is 24.3 Å². The molecule has 1 aromatic heterocycles. The van der Waals surface area contributed by atoms with E-state index in [1.165, 1.54) is 0 Å². The molecule has 0 radical (unpaired) electrons. The van der Waals surface area contributed by atoms with Gasteiger partial charge in [-0.05, 0) is 25.8 Å². The fourth-order valence-electron chi connectivity index (χ4n) is 3.54. The smallest absolute Gasteiger partial charge is 0.272 e. The van der Waals surface area contributed by atoms with Crippen LogP contribution in [-0.2, 0) is 21.9 Å². The number of hydrogen-bond acceptors (Lipinski definition) is 6. The molecule has 1 aromatic rings. The molecule has 1 N–H and O–H groups in total. The SMILES string of the molecule is CCCN1C(=O)C2CC(NC(=O)c3cc(C)n(C)n3)CN2CCS1(=O)=O. The van der Waals surface area contributed by atoms with Gasteiger partial charge >= 0.3 is 0 Å². The van der Waals surface area contributed by atoms with E-state index in [0.29, 0.717) is 31.6 Å². The third kappa shape index (κ3) is 3.48. The Morgan fingerprint density at radius 3 is 2.77 bits per heavy atom. The van der Waals surface area contributed by atoms with Crippen LogP contribution in [-0.4, -0.2) is 76.7 Å². The summed E-state index contributed by atoms with van der Waals surface area (Å²) >= 11 is 0. The van der Waals surface area contributed by atoms with Gasteiger partial charge in [-0.25, -0.2) is 12.7 Å². The maximum absolute atomic E-state index is 12.8. The lowest BCUT2D eigenvalue weighted by atomic mass is 10.1. The van der Waals surface area contributed by atoms with Gasteiger partial charge in [-0.2, -0.15) is 5.10 Å². The van der Waals surface area contributed by atoms with Crippen molar-refractivity contribution < 1.29 is 18.0 Å². The summed E-state index contributed by atoms with van der Waals surface area (Å²) < 4.78 is 27.3. The molecule has 2 amide bonds. The Kier molecular flexibility index (Phi) is 5.07. The molecule has 0 spiro atoms. The average Bonchev–Trinajstić information content (AvgIpc) is 3.11. The fraction of sp³-hybridized carbons (Fsp3) is 0.688. The zero-order valence-electron chi connectivity index (χ0n) is 15.3. The molecule has 10 heteroatoms. The fourth-order valence-corrected chi connectivity index (χ4v) is 5.08. The summed E-state index contributed by atoms with van der Waals surface area (Å²) in [6.07, 6.45) is 0.989. The molecular weight excluding hydrogens is 358 g/mol. The molecule has 0 saturated carbocycles. The molecule has 2 saturated heterocycles. The van der Waals surface area contributed by atoms with Gasteiger partial charge in [-0.15, -0.1) is 0 Å². The number of rotatable bonds is 4. The van der Waals surface area contributed by atoms with Crippen LogP contribution in [0.15, 0.2) is 6.07 Å². The van der Waals surface area contributed by atoms with Gasteiger partial charge < -0.3 is 5.32 Å². The van der Waals surface area contributed by atoms with Crippen LogP contribution in [0.2, 0.25) is 0 Å². The number of carbonyl (C=O) groups is 2. The molecule has 3 rings (SSSR count). The number of nitrogens with one attached hydrogen (secondary N) is 1. The van der Waals surface area contributed by atoms with Crippen LogP contribution in [0.5, 0.6) is 0 Å². The summed E-state index contributed by atoms with van der Waals surface area (Å²) in [6.45, 7) is 4.68. The molecule has 2 unspecified atom stereocenters. The predicted molar refractivity (Wildman–Crippen MR) is 95.0 cm³/mol. The van der Waals surface area contributed by atoms with Gasteiger partial charge in [0.05, 0.1) is 11.8 Å². The van der Waals surface area contributed by atoms with Crippen molar-refractivity contribution in [3.63, 3.8) is 0 Å². The van der Waals surface area contributed by atoms with E-state index in [1.807, 2.05) is 18.7 Å². The van der Waals surface area contributed by atoms with Crippen LogP contribution in [0, 0.1) is 6.92 Å². The van der Waals surface area contributed by atoms with Crippen LogP contribution >= 0.6 is 0 Å². The predicted octanol–water partition coefficient (Wildman–Crippen LogP) is -0.517. The number of sulfonamides is 1. The Labute approximate surface area is 153 Å². The topological polar surface area (TPSA) is 105 Å². The van der Waals surface area contributed by atoms with Crippen molar-refractivity contribution in [2.24, 2.45) is 7.05 Å². The van der Waals surface area contributed by atoms with Gasteiger partial charge in [-0.3, -0.25) is 19.2 Å². The zero-order valence-corrected chi connectivity index (χ0v) is 16.1. The molecule has 0 aromatic carbocycles. The largest absolute Gasteiger partial charge is 0.347 e. The lowest BCUT2D eigenvalue weighted by Crippen LogP contribution is -2.44. The molecule has 2 aliphatic rings. The van der Waals surface area contributed by atoms with Crippen LogP contribution in [0.4, 0.5) is 0 Å². The number of aromatic nitrogens is 2. The first-order chi connectivity index (χ1) is 12.2. The number of hydrogen-bond donors (Lipinski definition) is 1. The van der Waals surface area contributed by atoms with E-state index >= 15 is 0 Å². The minimum absolute atomic E-state index is 0.0741. The summed E-state index contributed by atoms with van der Waals surface area (Å²) in [5, 5.41) is 7.09. The highest BCUT2D eigenvalue weighted by Crippen LogP contribution is 2.25. The molecule has 2 aliphatic heterocycles. The van der Waals surface area contributed by atoms with E-state index in [0.717, 1.165) is 10.00 Å².